The molecular formula is C34H22N4. The molecule has 0 atom stereocenters. The molecular weight excluding hydrogens is 464 g/mol. The highest BCUT2D eigenvalue weighted by molar-refractivity contribution is 6.09. The molecule has 0 aliphatic heterocycles. The van der Waals surface area contributed by atoms with Gasteiger partial charge in [0.2, 0.25) is 0 Å². The Morgan fingerprint density at radius 2 is 1.11 bits per heavy atom. The quantitative estimate of drug-likeness (QED) is 0.252. The molecule has 4 aromatic heterocycles. The van der Waals surface area contributed by atoms with Crippen molar-refractivity contribution < 1.29 is 0 Å². The molecule has 0 bridgehead atoms. The van der Waals surface area contributed by atoms with Crippen LogP contribution in [0.4, 0.5) is 0 Å². The maximum atomic E-state index is 5.16. The van der Waals surface area contributed by atoms with Gasteiger partial charge in [-0.05, 0) is 54.6 Å². The van der Waals surface area contributed by atoms with E-state index in [9.17, 15) is 0 Å². The summed E-state index contributed by atoms with van der Waals surface area (Å²) in [4.78, 5) is 9.83. The second-order valence-corrected chi connectivity index (χ2v) is 9.52. The molecule has 0 saturated heterocycles. The molecule has 0 unspecified atom stereocenters. The van der Waals surface area contributed by atoms with Crippen LogP contribution in [0.25, 0.3) is 66.5 Å². The fraction of sp³-hybridized carbons (Fsp3) is 0. The molecule has 38 heavy (non-hydrogen) atoms. The molecule has 8 aromatic rings. The summed E-state index contributed by atoms with van der Waals surface area (Å²) in [6, 6.07) is 44.6. The maximum Gasteiger partial charge on any atom is 0.138 e. The molecule has 8 rings (SSSR count). The van der Waals surface area contributed by atoms with Crippen LogP contribution >= 0.6 is 0 Å². The SMILES string of the molecule is c1cc(-c2cccc(-n3c4ccccc4c4ncccc43)n2)cc(-n2c3ccccc3c3ccccc32)c1. The van der Waals surface area contributed by atoms with E-state index in [0.29, 0.717) is 0 Å². The van der Waals surface area contributed by atoms with Crippen LogP contribution < -0.4 is 0 Å². The van der Waals surface area contributed by atoms with Gasteiger partial charge in [-0.1, -0.05) is 72.8 Å². The number of nitrogens with zero attached hydrogens (tertiary/aromatic N) is 4. The number of hydrogen-bond donors (Lipinski definition) is 0. The third-order valence-electron chi connectivity index (χ3n) is 7.37. The third-order valence-corrected chi connectivity index (χ3v) is 7.37. The molecule has 0 aliphatic rings. The number of hydrogen-bond acceptors (Lipinski definition) is 2. The number of aromatic nitrogens is 4. The lowest BCUT2D eigenvalue weighted by atomic mass is 10.1. The first kappa shape index (κ1) is 20.9. The molecule has 0 N–H and O–H groups in total. The zero-order valence-electron chi connectivity index (χ0n) is 20.5. The normalized spacial score (nSPS) is 11.7. The van der Waals surface area contributed by atoms with E-state index in [0.717, 1.165) is 44.7 Å². The lowest BCUT2D eigenvalue weighted by Gasteiger charge is -2.11. The van der Waals surface area contributed by atoms with Gasteiger partial charge < -0.3 is 4.57 Å². The fourth-order valence-electron chi connectivity index (χ4n) is 5.74. The first-order chi connectivity index (χ1) is 18.9. The van der Waals surface area contributed by atoms with E-state index in [1.54, 1.807) is 0 Å². The Balaban J connectivity index is 1.32. The van der Waals surface area contributed by atoms with Gasteiger partial charge in [0, 0.05) is 33.6 Å². The van der Waals surface area contributed by atoms with Gasteiger partial charge in [0.25, 0.3) is 0 Å². The summed E-state index contributed by atoms with van der Waals surface area (Å²) in [5.41, 5.74) is 8.67. The summed E-state index contributed by atoms with van der Waals surface area (Å²) >= 11 is 0. The first-order valence-electron chi connectivity index (χ1n) is 12.8. The Hall–Kier alpha value is -5.22. The average Bonchev–Trinajstić information content (AvgIpc) is 3.51. The van der Waals surface area contributed by atoms with Crippen LogP contribution in [0.1, 0.15) is 0 Å². The second kappa shape index (κ2) is 8.15. The smallest absolute Gasteiger partial charge is 0.138 e. The van der Waals surface area contributed by atoms with E-state index >= 15 is 0 Å². The minimum absolute atomic E-state index is 0.879. The molecule has 4 nitrogen and oxygen atoms in total. The molecule has 4 aromatic carbocycles. The molecule has 0 amide bonds. The number of benzene rings is 4. The highest BCUT2D eigenvalue weighted by atomic mass is 15.1. The summed E-state index contributed by atoms with van der Waals surface area (Å²) in [6.45, 7) is 0. The Labute approximate surface area is 219 Å². The van der Waals surface area contributed by atoms with Gasteiger partial charge in [-0.2, -0.15) is 0 Å². The number of rotatable bonds is 3. The topological polar surface area (TPSA) is 35.6 Å². The van der Waals surface area contributed by atoms with Gasteiger partial charge in [0.05, 0.1) is 33.3 Å². The van der Waals surface area contributed by atoms with Crippen LogP contribution in [0.15, 0.2) is 134 Å². The van der Waals surface area contributed by atoms with E-state index in [1.165, 1.54) is 21.8 Å². The second-order valence-electron chi connectivity index (χ2n) is 9.52. The van der Waals surface area contributed by atoms with Gasteiger partial charge in [-0.25, -0.2) is 4.98 Å². The molecule has 0 saturated carbocycles. The number of pyridine rings is 2. The van der Waals surface area contributed by atoms with Crippen LogP contribution in [0.3, 0.4) is 0 Å². The minimum Gasteiger partial charge on any atom is -0.309 e. The van der Waals surface area contributed by atoms with Crippen molar-refractivity contribution in [3.8, 4) is 22.8 Å². The van der Waals surface area contributed by atoms with E-state index in [2.05, 4.69) is 135 Å². The van der Waals surface area contributed by atoms with E-state index in [-0.39, 0.29) is 0 Å². The molecule has 0 aliphatic carbocycles. The van der Waals surface area contributed by atoms with E-state index < -0.39 is 0 Å². The van der Waals surface area contributed by atoms with Crippen LogP contribution in [0.2, 0.25) is 0 Å². The standard InChI is InChI=1S/C34H22N4/c1-4-16-29-25(12-1)26-13-2-5-17-30(26)37(29)24-11-7-10-23(22-24)28-15-8-20-33(36-28)38-31-18-6-3-14-27(31)34-32(38)19-9-21-35-34/h1-22H. The summed E-state index contributed by atoms with van der Waals surface area (Å²) in [5, 5.41) is 3.64. The molecule has 4 heteroatoms. The third kappa shape index (κ3) is 3.04. The predicted octanol–water partition coefficient (Wildman–Crippen LogP) is 8.34. The lowest BCUT2D eigenvalue weighted by molar-refractivity contribution is 1.08. The summed E-state index contributed by atoms with van der Waals surface area (Å²) in [6.07, 6.45) is 1.85. The van der Waals surface area contributed by atoms with Crippen molar-refractivity contribution in [2.75, 3.05) is 0 Å². The first-order valence-corrected chi connectivity index (χ1v) is 12.8. The van der Waals surface area contributed by atoms with Gasteiger partial charge >= 0.3 is 0 Å². The Morgan fingerprint density at radius 3 is 1.87 bits per heavy atom. The Kier molecular flexibility index (Phi) is 4.49. The number of para-hydroxylation sites is 3. The van der Waals surface area contributed by atoms with Crippen molar-refractivity contribution in [3.63, 3.8) is 0 Å². The van der Waals surface area contributed by atoms with Crippen molar-refractivity contribution in [2.45, 2.75) is 0 Å². The zero-order chi connectivity index (χ0) is 25.1. The molecule has 0 radical (unpaired) electrons. The predicted molar refractivity (Wildman–Crippen MR) is 156 cm³/mol. The van der Waals surface area contributed by atoms with Gasteiger partial charge in [-0.3, -0.25) is 9.55 Å². The maximum absolute atomic E-state index is 5.16. The molecule has 4 heterocycles. The van der Waals surface area contributed by atoms with Gasteiger partial charge in [0.15, 0.2) is 0 Å². The van der Waals surface area contributed by atoms with Crippen LogP contribution in [0.5, 0.6) is 0 Å². The fourth-order valence-corrected chi connectivity index (χ4v) is 5.74. The minimum atomic E-state index is 0.879. The van der Waals surface area contributed by atoms with Crippen molar-refractivity contribution >= 4 is 43.7 Å². The Bertz CT molecular complexity index is 1890. The average molecular weight is 487 g/mol. The van der Waals surface area contributed by atoms with Crippen LogP contribution in [-0.2, 0) is 0 Å². The Morgan fingerprint density at radius 1 is 0.474 bits per heavy atom. The largest absolute Gasteiger partial charge is 0.309 e. The monoisotopic (exact) mass is 486 g/mol. The highest BCUT2D eigenvalue weighted by Gasteiger charge is 2.15. The van der Waals surface area contributed by atoms with Crippen molar-refractivity contribution in [1.82, 2.24) is 19.1 Å². The highest BCUT2D eigenvalue weighted by Crippen LogP contribution is 2.34. The molecule has 0 fully saturated rings. The van der Waals surface area contributed by atoms with Crippen molar-refractivity contribution in [1.29, 1.82) is 0 Å². The van der Waals surface area contributed by atoms with E-state index in [4.69, 9.17) is 4.98 Å². The van der Waals surface area contributed by atoms with Gasteiger partial charge in [0.1, 0.15) is 5.82 Å². The van der Waals surface area contributed by atoms with Gasteiger partial charge in [-0.15, -0.1) is 0 Å². The van der Waals surface area contributed by atoms with Crippen molar-refractivity contribution in [3.05, 3.63) is 134 Å². The van der Waals surface area contributed by atoms with Crippen LogP contribution in [-0.4, -0.2) is 19.1 Å². The number of fused-ring (bicyclic) bond motifs is 6. The zero-order valence-corrected chi connectivity index (χ0v) is 20.5. The van der Waals surface area contributed by atoms with E-state index in [1.807, 2.05) is 12.3 Å². The lowest BCUT2D eigenvalue weighted by Crippen LogP contribution is -1.99. The summed E-state index contributed by atoms with van der Waals surface area (Å²) < 4.78 is 4.55. The molecule has 0 spiro atoms. The summed E-state index contributed by atoms with van der Waals surface area (Å²) in [7, 11) is 0. The van der Waals surface area contributed by atoms with Crippen molar-refractivity contribution in [2.24, 2.45) is 0 Å². The molecule has 178 valence electrons. The summed E-state index contributed by atoms with van der Waals surface area (Å²) in [5.74, 6) is 0.879. The van der Waals surface area contributed by atoms with Crippen LogP contribution in [0, 0.1) is 0 Å².